The zero-order chi connectivity index (χ0) is 16.8. The summed E-state index contributed by atoms with van der Waals surface area (Å²) in [6.45, 7) is 16.9. The van der Waals surface area contributed by atoms with E-state index >= 15 is 0 Å². The molecule has 0 spiro atoms. The van der Waals surface area contributed by atoms with Crippen LogP contribution < -0.4 is 0 Å². The Morgan fingerprint density at radius 2 is 1.27 bits per heavy atom. The minimum Gasteiger partial charge on any atom is -0.393 e. The highest BCUT2D eigenvalue weighted by atomic mass is 28.3. The third-order valence-electron chi connectivity index (χ3n) is 4.46. The summed E-state index contributed by atoms with van der Waals surface area (Å²) < 4.78 is 12.3. The molecular formula is C19H40O2Si. The highest BCUT2D eigenvalue weighted by Crippen LogP contribution is 2.17. The number of rotatable bonds is 15. The van der Waals surface area contributed by atoms with Crippen LogP contribution in [-0.4, -0.2) is 22.5 Å². The van der Waals surface area contributed by atoms with Crippen molar-refractivity contribution in [3.05, 3.63) is 11.8 Å². The second-order valence-corrected chi connectivity index (χ2v) is 8.99. The quantitative estimate of drug-likeness (QED) is 0.354. The fourth-order valence-electron chi connectivity index (χ4n) is 2.58. The maximum Gasteiger partial charge on any atom is 0.350 e. The molecule has 0 aromatic rings. The molecule has 0 saturated carbocycles. The van der Waals surface area contributed by atoms with E-state index in [2.05, 4.69) is 41.2 Å². The second-order valence-electron chi connectivity index (χ2n) is 6.68. The SMILES string of the molecule is C=C(C)[SiH](OCC(CC)CCCC)OCC(CC)CCCC. The first kappa shape index (κ1) is 21.9. The Kier molecular flexibility index (Phi) is 14.4. The van der Waals surface area contributed by atoms with E-state index in [0.717, 1.165) is 18.4 Å². The Hall–Kier alpha value is -0.123. The lowest BCUT2D eigenvalue weighted by molar-refractivity contribution is 0.146. The summed E-state index contributed by atoms with van der Waals surface area (Å²) in [5.74, 6) is 1.36. The lowest BCUT2D eigenvalue weighted by atomic mass is 10.0. The van der Waals surface area contributed by atoms with Crippen molar-refractivity contribution in [3.63, 3.8) is 0 Å². The van der Waals surface area contributed by atoms with Crippen LogP contribution in [0.2, 0.25) is 0 Å². The van der Waals surface area contributed by atoms with Gasteiger partial charge in [0.25, 0.3) is 0 Å². The van der Waals surface area contributed by atoms with Gasteiger partial charge in [-0.25, -0.2) is 0 Å². The fourth-order valence-corrected chi connectivity index (χ4v) is 4.13. The smallest absolute Gasteiger partial charge is 0.350 e. The molecule has 0 N–H and O–H groups in total. The van der Waals surface area contributed by atoms with Gasteiger partial charge in [-0.05, 0) is 36.8 Å². The topological polar surface area (TPSA) is 18.5 Å². The minimum atomic E-state index is -1.71. The predicted octanol–water partition coefficient (Wildman–Crippen LogP) is 5.79. The Labute approximate surface area is 141 Å². The normalized spacial score (nSPS) is 15.5. The number of hydrogen-bond acceptors (Lipinski definition) is 2. The highest BCUT2D eigenvalue weighted by Gasteiger charge is 2.19. The van der Waals surface area contributed by atoms with E-state index in [-0.39, 0.29) is 0 Å². The molecule has 2 unspecified atom stereocenters. The van der Waals surface area contributed by atoms with Crippen molar-refractivity contribution in [1.29, 1.82) is 0 Å². The standard InChI is InChI=1S/C19H40O2Si/c1-7-11-13-18(9-3)15-20-22(17(5)6)21-16-19(10-4)14-12-8-2/h18-19,22H,5,7-16H2,1-4,6H3. The van der Waals surface area contributed by atoms with Crippen molar-refractivity contribution < 1.29 is 8.85 Å². The first-order valence-electron chi connectivity index (χ1n) is 9.47. The Morgan fingerprint density at radius 1 is 0.864 bits per heavy atom. The molecule has 0 aliphatic carbocycles. The number of allylic oxidation sites excluding steroid dienone is 1. The van der Waals surface area contributed by atoms with Crippen LogP contribution in [0.5, 0.6) is 0 Å². The lowest BCUT2D eigenvalue weighted by Gasteiger charge is -2.23. The van der Waals surface area contributed by atoms with E-state index in [9.17, 15) is 0 Å². The van der Waals surface area contributed by atoms with Crippen LogP contribution in [-0.2, 0) is 8.85 Å². The molecule has 0 heterocycles. The van der Waals surface area contributed by atoms with Crippen LogP contribution in [0, 0.1) is 11.8 Å². The average molecular weight is 329 g/mol. The minimum absolute atomic E-state index is 0.681. The molecule has 0 bridgehead atoms. The molecule has 22 heavy (non-hydrogen) atoms. The van der Waals surface area contributed by atoms with Crippen molar-refractivity contribution in [3.8, 4) is 0 Å². The van der Waals surface area contributed by atoms with Crippen molar-refractivity contribution >= 4 is 9.28 Å². The van der Waals surface area contributed by atoms with E-state index in [1.807, 2.05) is 0 Å². The molecule has 0 aliphatic heterocycles. The largest absolute Gasteiger partial charge is 0.393 e. The maximum absolute atomic E-state index is 6.17. The molecule has 0 aromatic carbocycles. The van der Waals surface area contributed by atoms with E-state index in [0.29, 0.717) is 11.8 Å². The first-order valence-corrected chi connectivity index (χ1v) is 11.0. The third kappa shape index (κ3) is 10.6. The fraction of sp³-hybridized carbons (Fsp3) is 0.895. The summed E-state index contributed by atoms with van der Waals surface area (Å²) in [6, 6.07) is 0. The van der Waals surface area contributed by atoms with Gasteiger partial charge in [0, 0.05) is 13.2 Å². The van der Waals surface area contributed by atoms with Gasteiger partial charge in [0.05, 0.1) is 0 Å². The molecule has 0 aromatic heterocycles. The first-order chi connectivity index (χ1) is 10.6. The zero-order valence-electron chi connectivity index (χ0n) is 15.8. The monoisotopic (exact) mass is 328 g/mol. The third-order valence-corrected chi connectivity index (χ3v) is 6.25. The van der Waals surface area contributed by atoms with Gasteiger partial charge >= 0.3 is 9.28 Å². The van der Waals surface area contributed by atoms with Crippen LogP contribution >= 0.6 is 0 Å². The molecule has 3 heteroatoms. The molecule has 132 valence electrons. The molecule has 0 amide bonds. The zero-order valence-corrected chi connectivity index (χ0v) is 17.0. The Morgan fingerprint density at radius 3 is 1.55 bits per heavy atom. The highest BCUT2D eigenvalue weighted by molar-refractivity contribution is 6.53. The summed E-state index contributed by atoms with van der Waals surface area (Å²) in [7, 11) is -1.71. The molecule has 2 nitrogen and oxygen atoms in total. The van der Waals surface area contributed by atoms with E-state index < -0.39 is 9.28 Å². The summed E-state index contributed by atoms with van der Waals surface area (Å²) in [6.07, 6.45) is 10.1. The molecule has 0 fully saturated rings. The van der Waals surface area contributed by atoms with Crippen LogP contribution in [0.25, 0.3) is 0 Å². The Balaban J connectivity index is 4.21. The summed E-state index contributed by atoms with van der Waals surface area (Å²) >= 11 is 0. The second kappa shape index (κ2) is 14.5. The molecular weight excluding hydrogens is 288 g/mol. The lowest BCUT2D eigenvalue weighted by Crippen LogP contribution is -2.29. The van der Waals surface area contributed by atoms with Gasteiger partial charge in [0.1, 0.15) is 0 Å². The van der Waals surface area contributed by atoms with Gasteiger partial charge in [-0.1, -0.05) is 72.8 Å². The van der Waals surface area contributed by atoms with Crippen molar-refractivity contribution in [2.75, 3.05) is 13.2 Å². The van der Waals surface area contributed by atoms with Gasteiger partial charge in [-0.3, -0.25) is 0 Å². The molecule has 0 rings (SSSR count). The predicted molar refractivity (Wildman–Crippen MR) is 100 cm³/mol. The molecule has 0 aliphatic rings. The molecule has 2 atom stereocenters. The summed E-state index contributed by atoms with van der Waals surface area (Å²) in [5, 5.41) is 1.12. The van der Waals surface area contributed by atoms with E-state index in [1.54, 1.807) is 0 Å². The van der Waals surface area contributed by atoms with Crippen LogP contribution in [0.4, 0.5) is 0 Å². The molecule has 0 radical (unpaired) electrons. The van der Waals surface area contributed by atoms with Gasteiger partial charge in [0.15, 0.2) is 0 Å². The summed E-state index contributed by atoms with van der Waals surface area (Å²) in [4.78, 5) is 0. The van der Waals surface area contributed by atoms with Crippen molar-refractivity contribution in [2.45, 2.75) is 86.0 Å². The number of unbranched alkanes of at least 4 members (excludes halogenated alkanes) is 2. The van der Waals surface area contributed by atoms with Gasteiger partial charge < -0.3 is 8.85 Å². The van der Waals surface area contributed by atoms with Crippen LogP contribution in [0.15, 0.2) is 11.8 Å². The Bertz CT molecular complexity index is 248. The summed E-state index contributed by atoms with van der Waals surface area (Å²) in [5.41, 5.74) is 0. The van der Waals surface area contributed by atoms with Crippen LogP contribution in [0.3, 0.4) is 0 Å². The average Bonchev–Trinajstić information content (AvgIpc) is 2.52. The maximum atomic E-state index is 6.17. The molecule has 0 saturated heterocycles. The van der Waals surface area contributed by atoms with Gasteiger partial charge in [0.2, 0.25) is 0 Å². The van der Waals surface area contributed by atoms with Gasteiger partial charge in [-0.15, -0.1) is 0 Å². The van der Waals surface area contributed by atoms with Crippen molar-refractivity contribution in [1.82, 2.24) is 0 Å². The number of hydrogen-bond donors (Lipinski definition) is 0. The van der Waals surface area contributed by atoms with Crippen LogP contribution in [0.1, 0.15) is 86.0 Å². The van der Waals surface area contributed by atoms with E-state index in [1.165, 1.54) is 51.4 Å². The van der Waals surface area contributed by atoms with E-state index in [4.69, 9.17) is 8.85 Å². The van der Waals surface area contributed by atoms with Crippen molar-refractivity contribution in [2.24, 2.45) is 11.8 Å². The van der Waals surface area contributed by atoms with Gasteiger partial charge in [-0.2, -0.15) is 0 Å².